The number of hydrogen-bond donors (Lipinski definition) is 2. The molecule has 1 aliphatic rings. The zero-order valence-corrected chi connectivity index (χ0v) is 16.3. The number of sulfonamides is 1. The second-order valence-corrected chi connectivity index (χ2v) is 8.66. The normalized spacial score (nSPS) is 14.7. The van der Waals surface area contributed by atoms with Gasteiger partial charge in [0, 0.05) is 18.3 Å². The highest BCUT2D eigenvalue weighted by Gasteiger charge is 2.27. The van der Waals surface area contributed by atoms with Gasteiger partial charge in [0.15, 0.2) is 10.9 Å². The van der Waals surface area contributed by atoms with Crippen LogP contribution in [0.2, 0.25) is 0 Å². The third-order valence-electron chi connectivity index (χ3n) is 3.58. The van der Waals surface area contributed by atoms with Gasteiger partial charge in [-0.2, -0.15) is 13.2 Å². The predicted octanol–water partition coefficient (Wildman–Crippen LogP) is 3.35. The molecule has 0 aromatic heterocycles. The maximum atomic E-state index is 12.4. The van der Waals surface area contributed by atoms with Crippen LogP contribution in [0, 0.1) is 0 Å². The Kier molecular flexibility index (Phi) is 6.94. The fourth-order valence-electron chi connectivity index (χ4n) is 2.35. The lowest BCUT2D eigenvalue weighted by atomic mass is 10.0. The number of ketones is 1. The van der Waals surface area contributed by atoms with E-state index in [0.29, 0.717) is 18.4 Å². The van der Waals surface area contributed by atoms with Crippen molar-refractivity contribution in [3.05, 3.63) is 47.7 Å². The molecule has 2 N–H and O–H groups in total. The van der Waals surface area contributed by atoms with E-state index in [1.165, 1.54) is 18.3 Å². The zero-order chi connectivity index (χ0) is 20.9. The Labute approximate surface area is 164 Å². The minimum Gasteiger partial charge on any atom is -0.298 e. The molecule has 152 valence electrons. The maximum absolute atomic E-state index is 12.4. The molecule has 0 saturated carbocycles. The van der Waals surface area contributed by atoms with Crippen molar-refractivity contribution in [3.8, 4) is 0 Å². The standard InChI is InChI=1S/C17H17F3N2O4S2/c1-11(23)27-10-16(24)12-3-2-4-14(9-12)22-28(25,26)15-7-5-13(6-8-15)21-17(18,19)20/h4-9,21-22H,2-3,10H2,1H3. The van der Waals surface area contributed by atoms with Crippen LogP contribution in [0.4, 0.5) is 18.9 Å². The Balaban J connectivity index is 2.09. The van der Waals surface area contributed by atoms with E-state index in [0.717, 1.165) is 36.0 Å². The van der Waals surface area contributed by atoms with E-state index < -0.39 is 16.3 Å². The van der Waals surface area contributed by atoms with Gasteiger partial charge >= 0.3 is 6.30 Å². The van der Waals surface area contributed by atoms with Gasteiger partial charge in [-0.1, -0.05) is 17.8 Å². The van der Waals surface area contributed by atoms with Crippen molar-refractivity contribution in [2.24, 2.45) is 0 Å². The minimum absolute atomic E-state index is 0.0190. The Bertz CT molecular complexity index is 921. The van der Waals surface area contributed by atoms with Crippen LogP contribution in [0.5, 0.6) is 0 Å². The van der Waals surface area contributed by atoms with E-state index >= 15 is 0 Å². The fraction of sp³-hybridized carbons (Fsp3) is 0.294. The molecule has 28 heavy (non-hydrogen) atoms. The van der Waals surface area contributed by atoms with Crippen LogP contribution in [0.25, 0.3) is 0 Å². The van der Waals surface area contributed by atoms with Crippen LogP contribution < -0.4 is 10.0 Å². The van der Waals surface area contributed by atoms with Gasteiger partial charge < -0.3 is 0 Å². The van der Waals surface area contributed by atoms with Gasteiger partial charge in [-0.3, -0.25) is 19.6 Å². The van der Waals surface area contributed by atoms with Gasteiger partial charge in [0.1, 0.15) is 0 Å². The Hall–Kier alpha value is -2.27. The second kappa shape index (κ2) is 8.82. The van der Waals surface area contributed by atoms with Crippen molar-refractivity contribution >= 4 is 38.4 Å². The van der Waals surface area contributed by atoms with E-state index in [9.17, 15) is 31.2 Å². The first-order valence-corrected chi connectivity index (χ1v) is 10.5. The average Bonchev–Trinajstić information content (AvgIpc) is 2.58. The highest BCUT2D eigenvalue weighted by Crippen LogP contribution is 2.23. The smallest absolute Gasteiger partial charge is 0.298 e. The van der Waals surface area contributed by atoms with Crippen LogP contribution in [0.1, 0.15) is 19.8 Å². The molecule has 11 heteroatoms. The van der Waals surface area contributed by atoms with Crippen molar-refractivity contribution < 1.29 is 31.2 Å². The number of nitrogens with one attached hydrogen (secondary N) is 2. The molecule has 0 atom stereocenters. The van der Waals surface area contributed by atoms with Crippen molar-refractivity contribution in [1.29, 1.82) is 0 Å². The molecule has 1 aliphatic carbocycles. The van der Waals surface area contributed by atoms with E-state index in [-0.39, 0.29) is 32.9 Å². The number of hydrogen-bond acceptors (Lipinski definition) is 6. The minimum atomic E-state index is -4.63. The molecule has 6 nitrogen and oxygen atoms in total. The summed E-state index contributed by atoms with van der Waals surface area (Å²) >= 11 is 0.876. The van der Waals surface area contributed by atoms with Gasteiger partial charge in [0.05, 0.1) is 10.6 Å². The summed E-state index contributed by atoms with van der Waals surface area (Å²) in [6.07, 6.45) is -0.745. The van der Waals surface area contributed by atoms with Gasteiger partial charge in [-0.15, -0.1) is 0 Å². The van der Waals surface area contributed by atoms with Gasteiger partial charge in [-0.05, 0) is 48.8 Å². The summed E-state index contributed by atoms with van der Waals surface area (Å²) in [5.74, 6) is -0.276. The van der Waals surface area contributed by atoms with Crippen molar-refractivity contribution in [2.75, 3.05) is 11.1 Å². The van der Waals surface area contributed by atoms with Crippen LogP contribution in [-0.4, -0.2) is 31.4 Å². The molecular weight excluding hydrogens is 417 g/mol. The number of anilines is 1. The number of benzene rings is 1. The van der Waals surface area contributed by atoms with E-state index in [1.807, 2.05) is 0 Å². The van der Waals surface area contributed by atoms with E-state index in [1.54, 1.807) is 6.08 Å². The summed E-state index contributed by atoms with van der Waals surface area (Å²) in [6.45, 7) is 1.35. The first kappa shape index (κ1) is 22.0. The van der Waals surface area contributed by atoms with Crippen molar-refractivity contribution in [1.82, 2.24) is 4.72 Å². The molecule has 0 radical (unpaired) electrons. The lowest BCUT2D eigenvalue weighted by molar-refractivity contribution is -0.114. The molecule has 0 spiro atoms. The third kappa shape index (κ3) is 6.71. The van der Waals surface area contributed by atoms with Crippen LogP contribution >= 0.6 is 11.8 Å². The van der Waals surface area contributed by atoms with Gasteiger partial charge in [-0.25, -0.2) is 8.42 Å². The third-order valence-corrected chi connectivity index (χ3v) is 5.79. The van der Waals surface area contributed by atoms with Crippen LogP contribution in [0.3, 0.4) is 0 Å². The van der Waals surface area contributed by atoms with E-state index in [4.69, 9.17) is 0 Å². The molecule has 0 saturated heterocycles. The first-order valence-electron chi connectivity index (χ1n) is 8.01. The van der Waals surface area contributed by atoms with Crippen LogP contribution in [0.15, 0.2) is 52.6 Å². The molecule has 0 heterocycles. The first-order chi connectivity index (χ1) is 13.0. The topological polar surface area (TPSA) is 92.3 Å². The Morgan fingerprint density at radius 3 is 2.39 bits per heavy atom. The highest BCUT2D eigenvalue weighted by atomic mass is 32.2. The summed E-state index contributed by atoms with van der Waals surface area (Å²) in [7, 11) is -4.04. The number of halogens is 3. The number of allylic oxidation sites excluding steroid dienone is 3. The quantitative estimate of drug-likeness (QED) is 0.640. The maximum Gasteiger partial charge on any atom is 0.482 e. The zero-order valence-electron chi connectivity index (χ0n) is 14.7. The Morgan fingerprint density at radius 2 is 1.82 bits per heavy atom. The number of rotatable bonds is 7. The summed E-state index contributed by atoms with van der Waals surface area (Å²) in [5.41, 5.74) is 0.303. The molecule has 0 amide bonds. The molecule has 0 aliphatic heterocycles. The second-order valence-electron chi connectivity index (χ2n) is 5.82. The van der Waals surface area contributed by atoms with Crippen molar-refractivity contribution in [3.63, 3.8) is 0 Å². The molecule has 2 rings (SSSR count). The largest absolute Gasteiger partial charge is 0.482 e. The summed E-state index contributed by atoms with van der Waals surface area (Å²) in [4.78, 5) is 22.8. The number of thioether (sulfide) groups is 1. The molecular formula is C17H17F3N2O4S2. The lowest BCUT2D eigenvalue weighted by Crippen LogP contribution is -2.24. The summed E-state index contributed by atoms with van der Waals surface area (Å²) < 4.78 is 64.0. The predicted molar refractivity (Wildman–Crippen MR) is 100.0 cm³/mol. The number of alkyl halides is 3. The number of carbonyl (C=O) groups is 2. The van der Waals surface area contributed by atoms with Gasteiger partial charge in [0.25, 0.3) is 10.0 Å². The highest BCUT2D eigenvalue weighted by molar-refractivity contribution is 8.14. The summed E-state index contributed by atoms with van der Waals surface area (Å²) in [5, 5.41) is 1.09. The molecule has 0 fully saturated rings. The average molecular weight is 434 g/mol. The monoisotopic (exact) mass is 434 g/mol. The molecule has 1 aromatic carbocycles. The van der Waals surface area contributed by atoms with Crippen molar-refractivity contribution in [2.45, 2.75) is 31.0 Å². The number of carbonyl (C=O) groups excluding carboxylic acids is 2. The molecule has 0 bridgehead atoms. The Morgan fingerprint density at radius 1 is 1.18 bits per heavy atom. The van der Waals surface area contributed by atoms with E-state index in [2.05, 4.69) is 4.72 Å². The lowest BCUT2D eigenvalue weighted by Gasteiger charge is -2.15. The van der Waals surface area contributed by atoms with Crippen LogP contribution in [-0.2, 0) is 19.6 Å². The SMILES string of the molecule is CC(=O)SCC(=O)C1=CC(NS(=O)(=O)c2ccc(NC(F)(F)F)cc2)=CCC1. The van der Waals surface area contributed by atoms with Gasteiger partial charge in [0.2, 0.25) is 0 Å². The number of Topliss-reactive ketones (excluding diaryl/α,β-unsaturated/α-hetero) is 1. The molecule has 0 unspecified atom stereocenters. The summed E-state index contributed by atoms with van der Waals surface area (Å²) in [6, 6.07) is 4.08. The fourth-order valence-corrected chi connectivity index (χ4v) is 3.93. The molecule has 1 aromatic rings.